The summed E-state index contributed by atoms with van der Waals surface area (Å²) in [6, 6.07) is 3.80. The second-order valence-corrected chi connectivity index (χ2v) is 4.71. The maximum atomic E-state index is 12.7. The first-order chi connectivity index (χ1) is 8.36. The van der Waals surface area contributed by atoms with E-state index in [2.05, 4.69) is 10.4 Å². The molecule has 0 radical (unpaired) electrons. The van der Waals surface area contributed by atoms with Crippen LogP contribution in [0.25, 0.3) is 0 Å². The smallest absolute Gasteiger partial charge is 0.364 e. The van der Waals surface area contributed by atoms with Crippen molar-refractivity contribution in [2.75, 3.05) is 5.32 Å². The molecule has 0 spiro atoms. The molecule has 9 heteroatoms. The molecule has 106 valence electrons. The van der Waals surface area contributed by atoms with Gasteiger partial charge >= 0.3 is 6.18 Å². The van der Waals surface area contributed by atoms with Crippen LogP contribution in [0.3, 0.4) is 0 Å². The van der Waals surface area contributed by atoms with Gasteiger partial charge in [0.1, 0.15) is 11.5 Å². The third-order valence-electron chi connectivity index (χ3n) is 2.24. The summed E-state index contributed by atoms with van der Waals surface area (Å²) in [6.07, 6.45) is -4.43. The predicted molar refractivity (Wildman–Crippen MR) is 67.1 cm³/mol. The van der Waals surface area contributed by atoms with E-state index < -0.39 is 11.9 Å². The summed E-state index contributed by atoms with van der Waals surface area (Å²) in [4.78, 5) is 0.687. The van der Waals surface area contributed by atoms with Gasteiger partial charge < -0.3 is 5.32 Å². The Morgan fingerprint density at radius 2 is 2.05 bits per heavy atom. The van der Waals surface area contributed by atoms with Crippen LogP contribution in [0.2, 0.25) is 0 Å². The van der Waals surface area contributed by atoms with E-state index in [1.807, 2.05) is 0 Å². The minimum absolute atomic E-state index is 0. The first-order valence-electron chi connectivity index (χ1n) is 4.95. The van der Waals surface area contributed by atoms with E-state index in [0.29, 0.717) is 4.88 Å². The largest absolute Gasteiger partial charge is 0.433 e. The molecule has 19 heavy (non-hydrogen) atoms. The van der Waals surface area contributed by atoms with Gasteiger partial charge in [-0.15, -0.1) is 23.7 Å². The highest BCUT2D eigenvalue weighted by Gasteiger charge is 2.34. The van der Waals surface area contributed by atoms with E-state index in [1.54, 1.807) is 6.07 Å². The number of thiophene rings is 1. The molecule has 0 saturated carbocycles. The van der Waals surface area contributed by atoms with Gasteiger partial charge in [0.2, 0.25) is 0 Å². The third-order valence-corrected chi connectivity index (χ3v) is 3.12. The van der Waals surface area contributed by atoms with Crippen molar-refractivity contribution in [1.29, 1.82) is 0 Å². The zero-order valence-corrected chi connectivity index (χ0v) is 11.3. The highest BCUT2D eigenvalue weighted by Crippen LogP contribution is 2.30. The molecule has 3 nitrogen and oxygen atoms in total. The summed E-state index contributed by atoms with van der Waals surface area (Å²) < 4.78 is 50.9. The molecule has 2 aromatic rings. The Balaban J connectivity index is 0.00000180. The molecule has 0 aromatic carbocycles. The molecule has 2 rings (SSSR count). The van der Waals surface area contributed by atoms with E-state index >= 15 is 0 Å². The molecule has 1 N–H and O–H groups in total. The van der Waals surface area contributed by atoms with Crippen molar-refractivity contribution >= 4 is 29.6 Å². The van der Waals surface area contributed by atoms with Crippen molar-refractivity contribution in [1.82, 2.24) is 9.78 Å². The number of halogens is 5. The summed E-state index contributed by atoms with van der Waals surface area (Å²) in [5.74, 6) is 0.110. The number of aryl methyl sites for hydroxylation is 1. The van der Waals surface area contributed by atoms with Crippen molar-refractivity contribution < 1.29 is 17.6 Å². The van der Waals surface area contributed by atoms with E-state index in [9.17, 15) is 17.6 Å². The van der Waals surface area contributed by atoms with Crippen molar-refractivity contribution in [3.63, 3.8) is 0 Å². The predicted octanol–water partition coefficient (Wildman–Crippen LogP) is 3.67. The molecular weight excluding hydrogens is 306 g/mol. The first kappa shape index (κ1) is 15.8. The Hall–Kier alpha value is -1.28. The van der Waals surface area contributed by atoms with E-state index in [-0.39, 0.29) is 29.9 Å². The molecule has 0 amide bonds. The second-order valence-electron chi connectivity index (χ2n) is 3.60. The molecule has 0 aliphatic heterocycles. The molecule has 0 bridgehead atoms. The summed E-state index contributed by atoms with van der Waals surface area (Å²) >= 11 is 0.938. The Labute approximate surface area is 116 Å². The van der Waals surface area contributed by atoms with Crippen LogP contribution in [0.5, 0.6) is 0 Å². The fourth-order valence-corrected chi connectivity index (χ4v) is 2.11. The average Bonchev–Trinajstić information content (AvgIpc) is 2.81. The van der Waals surface area contributed by atoms with Crippen LogP contribution in [0, 0.1) is 5.13 Å². The minimum Gasteiger partial charge on any atom is -0.364 e. The fourth-order valence-electron chi connectivity index (χ4n) is 1.44. The number of hydrogen-bond acceptors (Lipinski definition) is 3. The molecule has 0 unspecified atom stereocenters. The van der Waals surface area contributed by atoms with Crippen LogP contribution in [-0.4, -0.2) is 9.78 Å². The van der Waals surface area contributed by atoms with Gasteiger partial charge in [-0.25, -0.2) is 0 Å². The topological polar surface area (TPSA) is 29.9 Å². The molecule has 2 aromatic heterocycles. The summed E-state index contributed by atoms with van der Waals surface area (Å²) in [5, 5.41) is 6.08. The highest BCUT2D eigenvalue weighted by atomic mass is 35.5. The number of nitrogens with one attached hydrogen (secondary N) is 1. The van der Waals surface area contributed by atoms with Crippen LogP contribution in [0.15, 0.2) is 18.2 Å². The second kappa shape index (κ2) is 5.79. The SMILES string of the molecule is Cl.Cn1nc(NCc2ccc(F)s2)cc1C(F)(F)F. The van der Waals surface area contributed by atoms with Crippen molar-refractivity contribution in [3.05, 3.63) is 33.9 Å². The molecule has 0 aliphatic carbocycles. The van der Waals surface area contributed by atoms with Crippen molar-refractivity contribution in [2.45, 2.75) is 12.7 Å². The van der Waals surface area contributed by atoms with E-state index in [4.69, 9.17) is 0 Å². The van der Waals surface area contributed by atoms with Gasteiger partial charge in [0.15, 0.2) is 5.13 Å². The van der Waals surface area contributed by atoms with Gasteiger partial charge in [0.05, 0.1) is 6.54 Å². The third kappa shape index (κ3) is 3.84. The Bertz CT molecular complexity index is 549. The maximum absolute atomic E-state index is 12.7. The molecule has 2 heterocycles. The molecule has 0 fully saturated rings. The van der Waals surface area contributed by atoms with Crippen LogP contribution < -0.4 is 5.32 Å². The number of aromatic nitrogens is 2. The molecule has 0 atom stereocenters. The normalized spacial score (nSPS) is 11.2. The van der Waals surface area contributed by atoms with Gasteiger partial charge in [0, 0.05) is 18.0 Å². The molecule has 0 saturated heterocycles. The fraction of sp³-hybridized carbons (Fsp3) is 0.300. The van der Waals surface area contributed by atoms with Crippen molar-refractivity contribution in [2.24, 2.45) is 7.05 Å². The summed E-state index contributed by atoms with van der Waals surface area (Å²) in [5.41, 5.74) is -0.831. The van der Waals surface area contributed by atoms with Crippen LogP contribution >= 0.6 is 23.7 Å². The Morgan fingerprint density at radius 1 is 1.37 bits per heavy atom. The number of alkyl halides is 3. The summed E-state index contributed by atoms with van der Waals surface area (Å²) in [6.45, 7) is 0.239. The van der Waals surface area contributed by atoms with Crippen LogP contribution in [-0.2, 0) is 19.8 Å². The standard InChI is InChI=1S/C10H9F4N3S.ClH/c1-17-7(10(12,13)14)4-9(16-17)15-5-6-2-3-8(11)18-6;/h2-4H,5H2,1H3,(H,15,16);1H. The van der Waals surface area contributed by atoms with Gasteiger partial charge in [0.25, 0.3) is 0 Å². The van der Waals surface area contributed by atoms with Gasteiger partial charge in [-0.1, -0.05) is 0 Å². The van der Waals surface area contributed by atoms with E-state index in [1.165, 1.54) is 13.1 Å². The molecular formula is C10H10ClF4N3S. The van der Waals surface area contributed by atoms with Gasteiger partial charge in [-0.05, 0) is 12.1 Å². The zero-order chi connectivity index (χ0) is 13.3. The summed E-state index contributed by atoms with van der Waals surface area (Å²) in [7, 11) is 1.22. The van der Waals surface area contributed by atoms with Crippen molar-refractivity contribution in [3.8, 4) is 0 Å². The number of hydrogen-bond donors (Lipinski definition) is 1. The first-order valence-corrected chi connectivity index (χ1v) is 5.77. The number of nitrogens with zero attached hydrogens (tertiary/aromatic N) is 2. The lowest BCUT2D eigenvalue weighted by molar-refractivity contribution is -0.143. The quantitative estimate of drug-likeness (QED) is 0.876. The van der Waals surface area contributed by atoms with E-state index in [0.717, 1.165) is 22.1 Å². The lowest BCUT2D eigenvalue weighted by Gasteiger charge is -2.04. The van der Waals surface area contributed by atoms with Crippen LogP contribution in [0.4, 0.5) is 23.4 Å². The lowest BCUT2D eigenvalue weighted by atomic mass is 10.4. The maximum Gasteiger partial charge on any atom is 0.433 e. The number of rotatable bonds is 3. The number of anilines is 1. The minimum atomic E-state index is -4.43. The van der Waals surface area contributed by atoms with Gasteiger partial charge in [-0.2, -0.15) is 22.7 Å². The lowest BCUT2D eigenvalue weighted by Crippen LogP contribution is -2.11. The Kier molecular flexibility index (Phi) is 4.81. The van der Waals surface area contributed by atoms with Gasteiger partial charge in [-0.3, -0.25) is 4.68 Å². The highest BCUT2D eigenvalue weighted by molar-refractivity contribution is 7.10. The van der Waals surface area contributed by atoms with Crippen LogP contribution in [0.1, 0.15) is 10.6 Å². The molecule has 0 aliphatic rings. The average molecular weight is 316 g/mol. The monoisotopic (exact) mass is 315 g/mol. The zero-order valence-electron chi connectivity index (χ0n) is 9.66. The Morgan fingerprint density at radius 3 is 2.53 bits per heavy atom.